The summed E-state index contributed by atoms with van der Waals surface area (Å²) in [5.74, 6) is 1.50. The van der Waals surface area contributed by atoms with E-state index in [-0.39, 0.29) is 0 Å². The summed E-state index contributed by atoms with van der Waals surface area (Å²) in [5, 5.41) is 1.77. The molecule has 0 radical (unpaired) electrons. The quantitative estimate of drug-likeness (QED) is 0.595. The van der Waals surface area contributed by atoms with E-state index in [1.807, 2.05) is 12.1 Å². The molecule has 1 aromatic heterocycles. The topological polar surface area (TPSA) is 34.6 Å². The maximum absolute atomic E-state index is 6.35. The first-order chi connectivity index (χ1) is 11.1. The van der Waals surface area contributed by atoms with E-state index in [9.17, 15) is 0 Å². The Bertz CT molecular complexity index is 716. The van der Waals surface area contributed by atoms with Gasteiger partial charge in [0.2, 0.25) is 0 Å². The van der Waals surface area contributed by atoms with Crippen LogP contribution in [0.1, 0.15) is 24.0 Å². The lowest BCUT2D eigenvalue weighted by atomic mass is 10.1. The van der Waals surface area contributed by atoms with Gasteiger partial charge in [-0.25, -0.2) is 4.98 Å². The molecule has 4 nitrogen and oxygen atoms in total. The molecule has 0 bridgehead atoms. The van der Waals surface area contributed by atoms with Gasteiger partial charge in [0.15, 0.2) is 11.5 Å². The summed E-state index contributed by atoms with van der Waals surface area (Å²) in [6.07, 6.45) is 4.18. The molecule has 3 rings (SSSR count). The maximum Gasteiger partial charge on any atom is 0.163 e. The highest BCUT2D eigenvalue weighted by Gasteiger charge is 2.20. The number of pyridine rings is 1. The predicted octanol–water partition coefficient (Wildman–Crippen LogP) is 3.72. The largest absolute Gasteiger partial charge is 0.493 e. The van der Waals surface area contributed by atoms with Gasteiger partial charge in [-0.05, 0) is 57.0 Å². The van der Waals surface area contributed by atoms with Crippen molar-refractivity contribution in [2.24, 2.45) is 0 Å². The van der Waals surface area contributed by atoms with E-state index in [1.165, 1.54) is 11.1 Å². The van der Waals surface area contributed by atoms with Gasteiger partial charge in [0.25, 0.3) is 0 Å². The van der Waals surface area contributed by atoms with Gasteiger partial charge >= 0.3 is 0 Å². The summed E-state index contributed by atoms with van der Waals surface area (Å²) in [7, 11) is 5.80. The predicted molar refractivity (Wildman–Crippen MR) is 94.0 cm³/mol. The summed E-state index contributed by atoms with van der Waals surface area (Å²) in [4.78, 5) is 6.71. The number of benzene rings is 1. The minimum atomic E-state index is 0.633. The van der Waals surface area contributed by atoms with Crippen LogP contribution in [0.25, 0.3) is 10.9 Å². The van der Waals surface area contributed by atoms with Crippen molar-refractivity contribution in [1.82, 2.24) is 9.88 Å². The number of fused-ring (bicyclic) bond motifs is 3. The van der Waals surface area contributed by atoms with E-state index < -0.39 is 0 Å². The molecular weight excluding hydrogens is 312 g/mol. The molecule has 0 aliphatic heterocycles. The molecule has 0 amide bonds. The molecule has 0 unspecified atom stereocenters. The molecular formula is C18H23ClN2O2. The zero-order valence-electron chi connectivity index (χ0n) is 14.0. The first-order valence-electron chi connectivity index (χ1n) is 8.06. The molecule has 0 atom stereocenters. The zero-order chi connectivity index (χ0) is 16.4. The van der Waals surface area contributed by atoms with Crippen molar-refractivity contribution < 1.29 is 9.47 Å². The van der Waals surface area contributed by atoms with Crippen molar-refractivity contribution in [3.05, 3.63) is 28.4 Å². The number of aryl methyl sites for hydroxylation is 1. The fraction of sp³-hybridized carbons (Fsp3) is 0.500. The lowest BCUT2D eigenvalue weighted by molar-refractivity contribution is 0.268. The number of ether oxygens (including phenoxy) is 2. The third kappa shape index (κ3) is 3.38. The number of methoxy groups -OCH3 is 1. The monoisotopic (exact) mass is 334 g/mol. The minimum absolute atomic E-state index is 0.633. The number of halogens is 1. The molecule has 0 N–H and O–H groups in total. The van der Waals surface area contributed by atoms with Crippen molar-refractivity contribution in [1.29, 1.82) is 0 Å². The molecule has 5 heteroatoms. The van der Waals surface area contributed by atoms with Crippen molar-refractivity contribution >= 4 is 22.5 Å². The van der Waals surface area contributed by atoms with Gasteiger partial charge in [0.05, 0.1) is 19.2 Å². The number of hydrogen-bond acceptors (Lipinski definition) is 4. The average molecular weight is 335 g/mol. The van der Waals surface area contributed by atoms with Gasteiger partial charge in [-0.15, -0.1) is 0 Å². The van der Waals surface area contributed by atoms with E-state index in [2.05, 4.69) is 24.0 Å². The second-order valence-electron chi connectivity index (χ2n) is 6.24. The highest BCUT2D eigenvalue weighted by Crippen LogP contribution is 2.38. The van der Waals surface area contributed by atoms with Gasteiger partial charge in [0, 0.05) is 18.0 Å². The van der Waals surface area contributed by atoms with Gasteiger partial charge < -0.3 is 14.4 Å². The van der Waals surface area contributed by atoms with E-state index in [4.69, 9.17) is 21.1 Å². The van der Waals surface area contributed by atoms with Gasteiger partial charge in [0.1, 0.15) is 5.15 Å². The molecule has 0 saturated heterocycles. The summed E-state index contributed by atoms with van der Waals surface area (Å²) in [6.45, 7) is 1.65. The first kappa shape index (κ1) is 16.3. The maximum atomic E-state index is 6.35. The standard InChI is InChI=1S/C18H23ClN2O2/c1-21(2)8-5-9-23-17-11-15-14(10-16(17)22-3)12-6-4-7-13(12)18(19)20-15/h10-11H,4-9H2,1-3H3. The fourth-order valence-electron chi connectivity index (χ4n) is 3.16. The summed E-state index contributed by atoms with van der Waals surface area (Å²) in [6, 6.07) is 4.00. The minimum Gasteiger partial charge on any atom is -0.493 e. The third-order valence-corrected chi connectivity index (χ3v) is 4.61. The Hall–Kier alpha value is -1.52. The molecule has 23 heavy (non-hydrogen) atoms. The second kappa shape index (κ2) is 6.93. The molecule has 1 heterocycles. The van der Waals surface area contributed by atoms with Crippen LogP contribution in [-0.4, -0.2) is 44.2 Å². The molecule has 124 valence electrons. The molecule has 1 aliphatic rings. The van der Waals surface area contributed by atoms with Crippen LogP contribution in [0.15, 0.2) is 12.1 Å². The normalized spacial score (nSPS) is 13.6. The molecule has 1 aromatic carbocycles. The molecule has 2 aromatic rings. The summed E-state index contributed by atoms with van der Waals surface area (Å²) >= 11 is 6.35. The number of nitrogens with zero attached hydrogens (tertiary/aromatic N) is 2. The summed E-state index contributed by atoms with van der Waals surface area (Å²) in [5.41, 5.74) is 3.40. The number of aromatic nitrogens is 1. The number of hydrogen-bond donors (Lipinski definition) is 0. The zero-order valence-corrected chi connectivity index (χ0v) is 14.7. The Balaban J connectivity index is 1.91. The van der Waals surface area contributed by atoms with Crippen LogP contribution in [0.2, 0.25) is 5.15 Å². The van der Waals surface area contributed by atoms with Crippen LogP contribution in [0.4, 0.5) is 0 Å². The van der Waals surface area contributed by atoms with E-state index >= 15 is 0 Å². The Kier molecular flexibility index (Phi) is 4.93. The van der Waals surface area contributed by atoms with Gasteiger partial charge in [-0.3, -0.25) is 0 Å². The van der Waals surface area contributed by atoms with Crippen LogP contribution in [0.5, 0.6) is 11.5 Å². The highest BCUT2D eigenvalue weighted by atomic mass is 35.5. The van der Waals surface area contributed by atoms with Crippen LogP contribution in [0, 0.1) is 0 Å². The van der Waals surface area contributed by atoms with Crippen LogP contribution < -0.4 is 9.47 Å². The smallest absolute Gasteiger partial charge is 0.163 e. The van der Waals surface area contributed by atoms with Crippen molar-refractivity contribution in [3.63, 3.8) is 0 Å². The Morgan fingerprint density at radius 3 is 2.70 bits per heavy atom. The average Bonchev–Trinajstić information content (AvgIpc) is 3.01. The second-order valence-corrected chi connectivity index (χ2v) is 6.60. The van der Waals surface area contributed by atoms with Crippen LogP contribution >= 0.6 is 11.6 Å². The van der Waals surface area contributed by atoms with E-state index in [1.54, 1.807) is 7.11 Å². The first-order valence-corrected chi connectivity index (χ1v) is 8.44. The fourth-order valence-corrected chi connectivity index (χ4v) is 3.46. The van der Waals surface area contributed by atoms with Gasteiger partial charge in [-0.1, -0.05) is 11.6 Å². The van der Waals surface area contributed by atoms with Crippen LogP contribution in [0.3, 0.4) is 0 Å². The van der Waals surface area contributed by atoms with Gasteiger partial charge in [-0.2, -0.15) is 0 Å². The Morgan fingerprint density at radius 1 is 1.17 bits per heavy atom. The van der Waals surface area contributed by atoms with E-state index in [0.29, 0.717) is 11.8 Å². The summed E-state index contributed by atoms with van der Waals surface area (Å²) < 4.78 is 11.4. The van der Waals surface area contributed by atoms with E-state index in [0.717, 1.165) is 54.6 Å². The molecule has 0 fully saturated rings. The lowest BCUT2D eigenvalue weighted by Gasteiger charge is -2.15. The Morgan fingerprint density at radius 2 is 1.96 bits per heavy atom. The molecule has 0 saturated carbocycles. The van der Waals surface area contributed by atoms with Crippen molar-refractivity contribution in [2.45, 2.75) is 25.7 Å². The molecule has 0 spiro atoms. The van der Waals surface area contributed by atoms with Crippen LogP contribution in [-0.2, 0) is 12.8 Å². The number of rotatable bonds is 6. The Labute approximate surface area is 142 Å². The molecule has 1 aliphatic carbocycles. The van der Waals surface area contributed by atoms with Crippen molar-refractivity contribution in [3.8, 4) is 11.5 Å². The lowest BCUT2D eigenvalue weighted by Crippen LogP contribution is -2.15. The highest BCUT2D eigenvalue weighted by molar-refractivity contribution is 6.30. The van der Waals surface area contributed by atoms with Crippen molar-refractivity contribution in [2.75, 3.05) is 34.4 Å². The SMILES string of the molecule is COc1cc2c3c(c(Cl)nc2cc1OCCCN(C)C)CCC3. The third-order valence-electron chi connectivity index (χ3n) is 4.30.